The van der Waals surface area contributed by atoms with Gasteiger partial charge >= 0.3 is 0 Å². The van der Waals surface area contributed by atoms with E-state index >= 15 is 0 Å². The van der Waals surface area contributed by atoms with Gasteiger partial charge in [0, 0.05) is 17.3 Å². The normalized spacial score (nSPS) is 21.6. The Labute approximate surface area is 181 Å². The zero-order valence-electron chi connectivity index (χ0n) is 14.4. The van der Waals surface area contributed by atoms with Crippen molar-refractivity contribution in [3.05, 3.63) is 57.0 Å². The van der Waals surface area contributed by atoms with E-state index in [0.717, 1.165) is 0 Å². The van der Waals surface area contributed by atoms with Gasteiger partial charge in [-0.1, -0.05) is 62.2 Å². The third kappa shape index (κ3) is 4.79. The van der Waals surface area contributed by atoms with Crippen LogP contribution in [0.1, 0.15) is 12.8 Å². The Morgan fingerprint density at radius 1 is 1.21 bits per heavy atom. The minimum Gasteiger partial charge on any atom is -0.469 e. The molecule has 0 atom stereocenters. The number of nitrogens with zero attached hydrogens (tertiary/aromatic N) is 1. The van der Waals surface area contributed by atoms with Gasteiger partial charge in [-0.3, -0.25) is 4.84 Å². The SMILES string of the molecule is N#CC1(Oc2c(Cl)cc(Br)cc2Cl)CC(CONS(=O)(=O)c2ccccc2)C1. The summed E-state index contributed by atoms with van der Waals surface area (Å²) in [6.45, 7) is 0.112. The number of halogens is 3. The zero-order valence-corrected chi connectivity index (χ0v) is 18.3. The average molecular weight is 506 g/mol. The van der Waals surface area contributed by atoms with Crippen LogP contribution in [0.25, 0.3) is 0 Å². The second-order valence-electron chi connectivity index (χ2n) is 6.39. The Hall–Kier alpha value is -1.34. The first-order valence-corrected chi connectivity index (χ1v) is 11.2. The van der Waals surface area contributed by atoms with Crippen molar-refractivity contribution in [1.82, 2.24) is 4.89 Å². The summed E-state index contributed by atoms with van der Waals surface area (Å²) >= 11 is 15.6. The van der Waals surface area contributed by atoms with Crippen LogP contribution in [-0.2, 0) is 14.9 Å². The lowest BCUT2D eigenvalue weighted by atomic mass is 9.72. The monoisotopic (exact) mass is 504 g/mol. The molecule has 0 unspecified atom stereocenters. The van der Waals surface area contributed by atoms with Crippen molar-refractivity contribution >= 4 is 49.2 Å². The van der Waals surface area contributed by atoms with Crippen molar-refractivity contribution in [3.63, 3.8) is 0 Å². The summed E-state index contributed by atoms with van der Waals surface area (Å²) < 4.78 is 30.7. The van der Waals surface area contributed by atoms with Gasteiger partial charge in [-0.2, -0.15) is 5.26 Å². The lowest BCUT2D eigenvalue weighted by Crippen LogP contribution is -2.49. The molecule has 0 bridgehead atoms. The fourth-order valence-corrected chi connectivity index (χ4v) is 5.01. The molecule has 0 heterocycles. The maximum absolute atomic E-state index is 12.1. The zero-order chi connectivity index (χ0) is 20.4. The van der Waals surface area contributed by atoms with Gasteiger partial charge in [-0.05, 0) is 30.2 Å². The van der Waals surface area contributed by atoms with Crippen LogP contribution in [0.15, 0.2) is 51.8 Å². The van der Waals surface area contributed by atoms with Gasteiger partial charge in [-0.25, -0.2) is 8.42 Å². The molecule has 1 N–H and O–H groups in total. The van der Waals surface area contributed by atoms with E-state index < -0.39 is 15.6 Å². The van der Waals surface area contributed by atoms with Crippen LogP contribution in [0.3, 0.4) is 0 Å². The van der Waals surface area contributed by atoms with E-state index in [4.69, 9.17) is 32.8 Å². The predicted octanol–water partition coefficient (Wildman–Crippen LogP) is 4.72. The molecule has 1 aliphatic rings. The Morgan fingerprint density at radius 2 is 1.82 bits per heavy atom. The van der Waals surface area contributed by atoms with Gasteiger partial charge in [0.25, 0.3) is 10.0 Å². The molecular weight excluding hydrogens is 491 g/mol. The Bertz CT molecular complexity index is 983. The van der Waals surface area contributed by atoms with E-state index in [9.17, 15) is 13.7 Å². The van der Waals surface area contributed by atoms with Crippen molar-refractivity contribution in [2.75, 3.05) is 6.61 Å². The standard InChI is InChI=1S/C18H15BrCl2N2O4S/c19-13-6-15(20)17(16(21)7-13)27-18(11-22)8-12(9-18)10-26-23-28(24,25)14-4-2-1-3-5-14/h1-7,12,23H,8-10H2. The van der Waals surface area contributed by atoms with Crippen molar-refractivity contribution in [3.8, 4) is 11.8 Å². The Balaban J connectivity index is 1.55. The molecule has 2 aromatic carbocycles. The van der Waals surface area contributed by atoms with Crippen molar-refractivity contribution in [2.45, 2.75) is 23.3 Å². The second-order valence-corrected chi connectivity index (χ2v) is 9.77. The van der Waals surface area contributed by atoms with Crippen molar-refractivity contribution in [1.29, 1.82) is 5.26 Å². The number of hydrogen-bond acceptors (Lipinski definition) is 5. The minimum absolute atomic E-state index is 0.0499. The van der Waals surface area contributed by atoms with Gasteiger partial charge in [0.15, 0.2) is 11.4 Å². The molecule has 0 saturated heterocycles. The number of nitrogens with one attached hydrogen (secondary N) is 1. The maximum atomic E-state index is 12.1. The molecule has 0 aliphatic heterocycles. The first-order chi connectivity index (χ1) is 13.2. The largest absolute Gasteiger partial charge is 0.469 e. The summed E-state index contributed by atoms with van der Waals surface area (Å²) in [5.41, 5.74) is -1.08. The highest BCUT2D eigenvalue weighted by Crippen LogP contribution is 2.45. The third-order valence-corrected chi connectivity index (χ3v) is 6.49. The number of nitriles is 1. The molecule has 148 valence electrons. The smallest absolute Gasteiger partial charge is 0.262 e. The minimum atomic E-state index is -3.75. The molecular formula is C18H15BrCl2N2O4S. The highest BCUT2D eigenvalue weighted by Gasteiger charge is 2.48. The van der Waals surface area contributed by atoms with Crippen molar-refractivity contribution in [2.24, 2.45) is 5.92 Å². The number of ether oxygens (including phenoxy) is 1. The van der Waals surface area contributed by atoms with Crippen LogP contribution >= 0.6 is 39.1 Å². The Kier molecular flexibility index (Phi) is 6.54. The maximum Gasteiger partial charge on any atom is 0.262 e. The highest BCUT2D eigenvalue weighted by molar-refractivity contribution is 9.10. The molecule has 0 spiro atoms. The van der Waals surface area contributed by atoms with E-state index in [-0.39, 0.29) is 23.2 Å². The van der Waals surface area contributed by atoms with Crippen LogP contribution in [0, 0.1) is 17.2 Å². The fraction of sp³-hybridized carbons (Fsp3) is 0.278. The lowest BCUT2D eigenvalue weighted by Gasteiger charge is -2.42. The molecule has 2 aromatic rings. The van der Waals surface area contributed by atoms with Crippen LogP contribution in [0.2, 0.25) is 10.0 Å². The number of rotatable bonds is 7. The van der Waals surface area contributed by atoms with Gasteiger partial charge in [0.05, 0.1) is 21.5 Å². The predicted molar refractivity (Wildman–Crippen MR) is 109 cm³/mol. The van der Waals surface area contributed by atoms with E-state index in [1.165, 1.54) is 12.1 Å². The lowest BCUT2D eigenvalue weighted by molar-refractivity contribution is -0.0496. The summed E-state index contributed by atoms with van der Waals surface area (Å²) in [6, 6.07) is 13.3. The summed E-state index contributed by atoms with van der Waals surface area (Å²) in [4.78, 5) is 7.35. The second kappa shape index (κ2) is 8.57. The highest BCUT2D eigenvalue weighted by atomic mass is 79.9. The van der Waals surface area contributed by atoms with Gasteiger partial charge in [0.2, 0.25) is 0 Å². The van der Waals surface area contributed by atoms with Crippen LogP contribution in [0.5, 0.6) is 5.75 Å². The van der Waals surface area contributed by atoms with Crippen LogP contribution in [-0.4, -0.2) is 20.6 Å². The topological polar surface area (TPSA) is 88.4 Å². The molecule has 3 rings (SSSR count). The van der Waals surface area contributed by atoms with E-state index in [1.54, 1.807) is 30.3 Å². The third-order valence-electron chi connectivity index (χ3n) is 4.24. The molecule has 0 amide bonds. The first kappa shape index (κ1) is 21.4. The van der Waals surface area contributed by atoms with Gasteiger partial charge in [0.1, 0.15) is 6.07 Å². The molecule has 1 fully saturated rings. The Morgan fingerprint density at radius 3 is 2.39 bits per heavy atom. The number of benzene rings is 2. The summed E-state index contributed by atoms with van der Waals surface area (Å²) in [6.07, 6.45) is 0.721. The van der Waals surface area contributed by atoms with Crippen molar-refractivity contribution < 1.29 is 18.0 Å². The quantitative estimate of drug-likeness (QED) is 0.550. The van der Waals surface area contributed by atoms with E-state index in [2.05, 4.69) is 26.9 Å². The summed E-state index contributed by atoms with van der Waals surface area (Å²) in [7, 11) is -3.75. The van der Waals surface area contributed by atoms with E-state index in [1.807, 2.05) is 0 Å². The molecule has 10 heteroatoms. The number of hydrogen-bond donors (Lipinski definition) is 1. The van der Waals surface area contributed by atoms with Gasteiger partial charge in [-0.15, -0.1) is 0 Å². The molecule has 6 nitrogen and oxygen atoms in total. The van der Waals surface area contributed by atoms with Crippen LogP contribution in [0.4, 0.5) is 0 Å². The first-order valence-electron chi connectivity index (χ1n) is 8.18. The summed E-state index contributed by atoms with van der Waals surface area (Å²) in [5.74, 6) is 0.198. The molecule has 1 saturated carbocycles. The van der Waals surface area contributed by atoms with Crippen LogP contribution < -0.4 is 9.62 Å². The molecule has 0 radical (unpaired) electrons. The average Bonchev–Trinajstić information content (AvgIpc) is 2.62. The van der Waals surface area contributed by atoms with Gasteiger partial charge < -0.3 is 4.74 Å². The molecule has 28 heavy (non-hydrogen) atoms. The fourth-order valence-electron chi connectivity index (χ4n) is 2.89. The summed E-state index contributed by atoms with van der Waals surface area (Å²) in [5, 5.41) is 10.1. The number of sulfonamides is 1. The van der Waals surface area contributed by atoms with E-state index in [0.29, 0.717) is 27.4 Å². The molecule has 1 aliphatic carbocycles. The molecule has 0 aromatic heterocycles.